The quantitative estimate of drug-likeness (QED) is 0.758. The Morgan fingerprint density at radius 2 is 1.93 bits per heavy atom. The molecule has 0 saturated heterocycles. The van der Waals surface area contributed by atoms with Crippen molar-refractivity contribution in [2.45, 2.75) is 32.1 Å². The van der Waals surface area contributed by atoms with E-state index in [9.17, 15) is 13.5 Å². The molecule has 0 radical (unpaired) electrons. The average Bonchev–Trinajstić information content (AvgIpc) is 2.56. The standard InChI is InChI=1S/C10H20O3S/c1-14(12,13)7-6-10(8-11)9-4-2-3-5-9/h9-11H,2-8H2,1H3. The van der Waals surface area contributed by atoms with Crippen molar-refractivity contribution in [3.63, 3.8) is 0 Å². The van der Waals surface area contributed by atoms with Crippen LogP contribution in [0, 0.1) is 11.8 Å². The second-order valence-electron chi connectivity index (χ2n) is 4.41. The smallest absolute Gasteiger partial charge is 0.147 e. The average molecular weight is 220 g/mol. The van der Waals surface area contributed by atoms with Gasteiger partial charge in [-0.25, -0.2) is 8.42 Å². The first-order valence-electron chi connectivity index (χ1n) is 5.31. The molecule has 0 spiro atoms. The molecule has 1 saturated carbocycles. The van der Waals surface area contributed by atoms with E-state index in [0.29, 0.717) is 12.3 Å². The SMILES string of the molecule is CS(=O)(=O)CCC(CO)C1CCCC1. The van der Waals surface area contributed by atoms with Crippen LogP contribution in [0.3, 0.4) is 0 Å². The number of sulfone groups is 1. The Morgan fingerprint density at radius 3 is 2.36 bits per heavy atom. The van der Waals surface area contributed by atoms with E-state index in [2.05, 4.69) is 0 Å². The van der Waals surface area contributed by atoms with E-state index in [1.165, 1.54) is 19.1 Å². The Balaban J connectivity index is 2.38. The minimum atomic E-state index is -2.87. The summed E-state index contributed by atoms with van der Waals surface area (Å²) < 4.78 is 22.0. The van der Waals surface area contributed by atoms with Crippen LogP contribution in [0.2, 0.25) is 0 Å². The van der Waals surface area contributed by atoms with E-state index in [1.807, 2.05) is 0 Å². The maximum absolute atomic E-state index is 11.0. The molecule has 0 bridgehead atoms. The fourth-order valence-corrected chi connectivity index (χ4v) is 3.00. The number of hydrogen-bond donors (Lipinski definition) is 1. The highest BCUT2D eigenvalue weighted by molar-refractivity contribution is 7.90. The van der Waals surface area contributed by atoms with Gasteiger partial charge in [0.25, 0.3) is 0 Å². The normalized spacial score (nSPS) is 21.3. The second kappa shape index (κ2) is 5.12. The maximum atomic E-state index is 11.0. The van der Waals surface area contributed by atoms with Crippen LogP contribution < -0.4 is 0 Å². The molecule has 1 aliphatic rings. The van der Waals surface area contributed by atoms with Crippen molar-refractivity contribution in [2.75, 3.05) is 18.6 Å². The molecular formula is C10H20O3S. The molecule has 3 nitrogen and oxygen atoms in total. The van der Waals surface area contributed by atoms with Gasteiger partial charge in [0.15, 0.2) is 0 Å². The van der Waals surface area contributed by atoms with Crippen LogP contribution in [0.5, 0.6) is 0 Å². The van der Waals surface area contributed by atoms with Gasteiger partial charge in [-0.05, 0) is 18.3 Å². The second-order valence-corrected chi connectivity index (χ2v) is 6.67. The van der Waals surface area contributed by atoms with Crippen LogP contribution in [0.4, 0.5) is 0 Å². The van der Waals surface area contributed by atoms with Crippen molar-refractivity contribution in [3.8, 4) is 0 Å². The highest BCUT2D eigenvalue weighted by Crippen LogP contribution is 2.32. The number of aliphatic hydroxyl groups excluding tert-OH is 1. The Hall–Kier alpha value is -0.0900. The number of hydrogen-bond acceptors (Lipinski definition) is 3. The summed E-state index contributed by atoms with van der Waals surface area (Å²) in [7, 11) is -2.87. The molecule has 4 heteroatoms. The molecule has 1 atom stereocenters. The summed E-state index contributed by atoms with van der Waals surface area (Å²) in [4.78, 5) is 0. The van der Waals surface area contributed by atoms with Gasteiger partial charge in [-0.3, -0.25) is 0 Å². The van der Waals surface area contributed by atoms with Crippen molar-refractivity contribution in [2.24, 2.45) is 11.8 Å². The third kappa shape index (κ3) is 3.96. The van der Waals surface area contributed by atoms with Crippen LogP contribution in [0.15, 0.2) is 0 Å². The first-order valence-corrected chi connectivity index (χ1v) is 7.37. The van der Waals surface area contributed by atoms with Crippen LogP contribution in [0.1, 0.15) is 32.1 Å². The summed E-state index contributed by atoms with van der Waals surface area (Å²) in [5, 5.41) is 9.19. The van der Waals surface area contributed by atoms with E-state index in [1.54, 1.807) is 0 Å². The first-order chi connectivity index (χ1) is 6.53. The highest BCUT2D eigenvalue weighted by Gasteiger charge is 2.24. The predicted octanol–water partition coefficient (Wildman–Crippen LogP) is 1.22. The lowest BCUT2D eigenvalue weighted by atomic mass is 9.89. The summed E-state index contributed by atoms with van der Waals surface area (Å²) in [5.41, 5.74) is 0. The lowest BCUT2D eigenvalue weighted by Crippen LogP contribution is -2.19. The summed E-state index contributed by atoms with van der Waals surface area (Å²) >= 11 is 0. The van der Waals surface area contributed by atoms with Crippen molar-refractivity contribution in [3.05, 3.63) is 0 Å². The minimum absolute atomic E-state index is 0.139. The summed E-state index contributed by atoms with van der Waals surface area (Å²) in [6.07, 6.45) is 6.68. The van der Waals surface area contributed by atoms with Gasteiger partial charge in [0, 0.05) is 12.9 Å². The molecule has 0 amide bonds. The Bertz CT molecular complexity index is 253. The molecule has 84 valence electrons. The zero-order valence-electron chi connectivity index (χ0n) is 8.78. The largest absolute Gasteiger partial charge is 0.396 e. The fraction of sp³-hybridized carbons (Fsp3) is 1.00. The zero-order valence-corrected chi connectivity index (χ0v) is 9.59. The molecule has 0 aromatic carbocycles. The van der Waals surface area contributed by atoms with E-state index >= 15 is 0 Å². The lowest BCUT2D eigenvalue weighted by Gasteiger charge is -2.20. The lowest BCUT2D eigenvalue weighted by molar-refractivity contribution is 0.173. The summed E-state index contributed by atoms with van der Waals surface area (Å²) in [6.45, 7) is 0.139. The minimum Gasteiger partial charge on any atom is -0.396 e. The van der Waals surface area contributed by atoms with Gasteiger partial charge in [-0.15, -0.1) is 0 Å². The Kier molecular flexibility index (Phi) is 4.38. The van der Waals surface area contributed by atoms with E-state index in [-0.39, 0.29) is 18.3 Å². The molecule has 0 aliphatic heterocycles. The molecule has 0 aromatic heterocycles. The van der Waals surface area contributed by atoms with Gasteiger partial charge in [0.2, 0.25) is 0 Å². The molecule has 14 heavy (non-hydrogen) atoms. The summed E-state index contributed by atoms with van der Waals surface area (Å²) in [6, 6.07) is 0. The summed E-state index contributed by atoms with van der Waals surface area (Å²) in [5.74, 6) is 0.975. The number of rotatable bonds is 5. The fourth-order valence-electron chi connectivity index (χ4n) is 2.27. The van der Waals surface area contributed by atoms with Crippen molar-refractivity contribution >= 4 is 9.84 Å². The molecule has 0 heterocycles. The van der Waals surface area contributed by atoms with Gasteiger partial charge < -0.3 is 5.11 Å². The molecule has 1 unspecified atom stereocenters. The van der Waals surface area contributed by atoms with Crippen LogP contribution in [-0.4, -0.2) is 32.1 Å². The molecule has 1 N–H and O–H groups in total. The topological polar surface area (TPSA) is 54.4 Å². The van der Waals surface area contributed by atoms with E-state index in [4.69, 9.17) is 0 Å². The third-order valence-electron chi connectivity index (χ3n) is 3.16. The van der Waals surface area contributed by atoms with Gasteiger partial charge >= 0.3 is 0 Å². The van der Waals surface area contributed by atoms with Gasteiger partial charge in [-0.2, -0.15) is 0 Å². The van der Waals surface area contributed by atoms with Crippen molar-refractivity contribution < 1.29 is 13.5 Å². The van der Waals surface area contributed by atoms with Crippen molar-refractivity contribution in [1.82, 2.24) is 0 Å². The molecule has 1 fully saturated rings. The number of aliphatic hydroxyl groups is 1. The molecule has 0 aromatic rings. The van der Waals surface area contributed by atoms with Gasteiger partial charge in [-0.1, -0.05) is 25.7 Å². The highest BCUT2D eigenvalue weighted by atomic mass is 32.2. The van der Waals surface area contributed by atoms with Gasteiger partial charge in [0.05, 0.1) is 5.75 Å². The van der Waals surface area contributed by atoms with E-state index in [0.717, 1.165) is 12.8 Å². The zero-order chi connectivity index (χ0) is 10.6. The van der Waals surface area contributed by atoms with Gasteiger partial charge in [0.1, 0.15) is 9.84 Å². The molecule has 1 aliphatic carbocycles. The molecule has 1 rings (SSSR count). The first kappa shape index (κ1) is 12.0. The van der Waals surface area contributed by atoms with Crippen LogP contribution in [-0.2, 0) is 9.84 Å². The monoisotopic (exact) mass is 220 g/mol. The predicted molar refractivity (Wildman–Crippen MR) is 56.9 cm³/mol. The van der Waals surface area contributed by atoms with Crippen LogP contribution >= 0.6 is 0 Å². The Labute approximate surface area is 86.4 Å². The maximum Gasteiger partial charge on any atom is 0.147 e. The molecular weight excluding hydrogens is 200 g/mol. The Morgan fingerprint density at radius 1 is 1.36 bits per heavy atom. The third-order valence-corrected chi connectivity index (χ3v) is 4.14. The van der Waals surface area contributed by atoms with Crippen molar-refractivity contribution in [1.29, 1.82) is 0 Å². The van der Waals surface area contributed by atoms with E-state index < -0.39 is 9.84 Å². The van der Waals surface area contributed by atoms with Crippen LogP contribution in [0.25, 0.3) is 0 Å².